The van der Waals surface area contributed by atoms with E-state index in [2.05, 4.69) is 217 Å². The van der Waals surface area contributed by atoms with Crippen molar-refractivity contribution in [2.45, 2.75) is 230 Å². The third-order valence-electron chi connectivity index (χ3n) is 19.1. The lowest BCUT2D eigenvalue weighted by molar-refractivity contribution is 0.284. The topological polar surface area (TPSA) is 109 Å². The van der Waals surface area contributed by atoms with Crippen molar-refractivity contribution in [3.05, 3.63) is 228 Å². The van der Waals surface area contributed by atoms with Gasteiger partial charge in [-0.05, 0) is 142 Å². The van der Waals surface area contributed by atoms with Crippen LogP contribution in [0.25, 0.3) is 0 Å². The zero-order valence-electron chi connectivity index (χ0n) is 61.1. The van der Waals surface area contributed by atoms with Gasteiger partial charge >= 0.3 is 0 Å². The first-order chi connectivity index (χ1) is 44.9. The standard InChI is InChI=1S/C83H106N6O6/c1-22-87-31-28-84-70(87)50-93-76-53-26-25-27-54(76)35-56-41-66(80(7,8)9)43-58(74(56)91-20)37-62-47-69(83(16,17)18)49-64(78(62)95-52-72-86-30-33-89(72)24-3)39-60-45-67(81(10,11)12)44-59(75(60)92-21)38-63-48-68(82(13,14)15)46-61(77(63)94-51-71-85-29-32-88(71)23-2)36-57-42-65(79(4,5)6)40-55(34-53)73(57)90-19/h25-33,40-49H,22-24,34-39,50-52H2,1-21H3. The summed E-state index contributed by atoms with van der Waals surface area (Å²) >= 11 is 0. The van der Waals surface area contributed by atoms with Gasteiger partial charge in [-0.3, -0.25) is 0 Å². The Bertz CT molecular complexity index is 3970. The highest BCUT2D eigenvalue weighted by Crippen LogP contribution is 2.46. The lowest BCUT2D eigenvalue weighted by atomic mass is 9.79. The summed E-state index contributed by atoms with van der Waals surface area (Å²) < 4.78 is 48.9. The van der Waals surface area contributed by atoms with Gasteiger partial charge < -0.3 is 42.1 Å². The second-order valence-electron chi connectivity index (χ2n) is 31.2. The molecule has 0 atom stereocenters. The van der Waals surface area contributed by atoms with E-state index in [1.54, 1.807) is 0 Å². The van der Waals surface area contributed by atoms with Gasteiger partial charge in [0.1, 0.15) is 71.8 Å². The molecule has 0 spiro atoms. The summed E-state index contributed by atoms with van der Waals surface area (Å²) in [6.07, 6.45) is 14.9. The minimum absolute atomic E-state index is 0.218. The summed E-state index contributed by atoms with van der Waals surface area (Å²) in [5, 5.41) is 0. The first-order valence-corrected chi connectivity index (χ1v) is 34.3. The fourth-order valence-corrected chi connectivity index (χ4v) is 13.5. The van der Waals surface area contributed by atoms with Crippen molar-refractivity contribution in [2.75, 3.05) is 21.3 Å². The van der Waals surface area contributed by atoms with Crippen molar-refractivity contribution < 1.29 is 28.4 Å². The number of nitrogens with zero attached hydrogens (tertiary/aromatic N) is 6. The fourth-order valence-electron chi connectivity index (χ4n) is 13.5. The van der Waals surface area contributed by atoms with E-state index >= 15 is 0 Å². The Labute approximate surface area is 567 Å². The number of hydrogen-bond donors (Lipinski definition) is 0. The highest BCUT2D eigenvalue weighted by atomic mass is 16.5. The number of para-hydroxylation sites is 1. The molecule has 0 saturated carbocycles. The highest BCUT2D eigenvalue weighted by Gasteiger charge is 2.31. The van der Waals surface area contributed by atoms with Gasteiger partial charge in [-0.1, -0.05) is 183 Å². The van der Waals surface area contributed by atoms with Crippen LogP contribution >= 0.6 is 0 Å². The van der Waals surface area contributed by atoms with Gasteiger partial charge in [0, 0.05) is 95.3 Å². The Morgan fingerprint density at radius 1 is 0.305 bits per heavy atom. The molecule has 10 rings (SSSR count). The molecule has 1 aliphatic rings. The van der Waals surface area contributed by atoms with Crippen LogP contribution in [0.3, 0.4) is 0 Å². The molecule has 6 aromatic carbocycles. The van der Waals surface area contributed by atoms with Gasteiger partial charge in [0.05, 0.1) is 21.3 Å². The second-order valence-corrected chi connectivity index (χ2v) is 31.2. The van der Waals surface area contributed by atoms with Gasteiger partial charge in [0.15, 0.2) is 0 Å². The summed E-state index contributed by atoms with van der Waals surface area (Å²) in [5.41, 5.74) is 17.7. The molecule has 1 aliphatic carbocycles. The maximum Gasteiger partial charge on any atom is 0.146 e. The Hall–Kier alpha value is -8.25. The molecule has 504 valence electrons. The van der Waals surface area contributed by atoms with E-state index in [9.17, 15) is 0 Å². The quantitative estimate of drug-likeness (QED) is 0.0991. The molecule has 0 saturated heterocycles. The van der Waals surface area contributed by atoms with Crippen LogP contribution in [0.15, 0.2) is 116 Å². The van der Waals surface area contributed by atoms with Crippen molar-refractivity contribution in [1.82, 2.24) is 28.7 Å². The highest BCUT2D eigenvalue weighted by molar-refractivity contribution is 5.61. The van der Waals surface area contributed by atoms with Crippen molar-refractivity contribution in [2.24, 2.45) is 0 Å². The van der Waals surface area contributed by atoms with Crippen molar-refractivity contribution in [1.29, 1.82) is 0 Å². The van der Waals surface area contributed by atoms with E-state index in [0.717, 1.165) is 138 Å². The fraction of sp³-hybridized carbons (Fsp3) is 0.458. The van der Waals surface area contributed by atoms with Crippen molar-refractivity contribution in [3.63, 3.8) is 0 Å². The molecule has 9 aromatic rings. The van der Waals surface area contributed by atoms with Gasteiger partial charge in [0.2, 0.25) is 0 Å². The van der Waals surface area contributed by atoms with Crippen LogP contribution < -0.4 is 28.4 Å². The molecule has 12 nitrogen and oxygen atoms in total. The number of aromatic nitrogens is 6. The summed E-state index contributed by atoms with van der Waals surface area (Å²) in [6.45, 7) is 44.2. The first-order valence-electron chi connectivity index (χ1n) is 34.3. The predicted molar refractivity (Wildman–Crippen MR) is 385 cm³/mol. The maximum absolute atomic E-state index is 7.39. The van der Waals surface area contributed by atoms with E-state index in [4.69, 9.17) is 43.4 Å². The maximum atomic E-state index is 7.39. The number of benzene rings is 6. The lowest BCUT2D eigenvalue weighted by Gasteiger charge is -2.28. The molecule has 3 aromatic heterocycles. The molecule has 0 aliphatic heterocycles. The Balaban J connectivity index is 1.31. The molecular formula is C83H106N6O6. The predicted octanol–water partition coefficient (Wildman–Crippen LogP) is 18.4. The van der Waals surface area contributed by atoms with Gasteiger partial charge in [-0.15, -0.1) is 0 Å². The van der Waals surface area contributed by atoms with Crippen LogP contribution in [0.1, 0.15) is 237 Å². The average molecular weight is 1280 g/mol. The minimum atomic E-state index is -0.233. The van der Waals surface area contributed by atoms with Crippen LogP contribution in [-0.2, 0) is 105 Å². The molecule has 0 fully saturated rings. The Morgan fingerprint density at radius 3 is 0.705 bits per heavy atom. The molecule has 0 amide bonds. The van der Waals surface area contributed by atoms with Crippen molar-refractivity contribution >= 4 is 0 Å². The van der Waals surface area contributed by atoms with Crippen LogP contribution in [-0.4, -0.2) is 50.0 Å². The number of imidazole rings is 3. The smallest absolute Gasteiger partial charge is 0.146 e. The van der Waals surface area contributed by atoms with Crippen LogP contribution in [0.2, 0.25) is 0 Å². The molecule has 0 radical (unpaired) electrons. The summed E-state index contributed by atoms with van der Waals surface area (Å²) in [5.74, 6) is 7.59. The molecule has 3 heterocycles. The largest absolute Gasteiger partial charge is 0.496 e. The zero-order valence-corrected chi connectivity index (χ0v) is 61.1. The molecule has 12 bridgehead atoms. The molecule has 95 heavy (non-hydrogen) atoms. The van der Waals surface area contributed by atoms with Crippen LogP contribution in [0.5, 0.6) is 34.5 Å². The van der Waals surface area contributed by atoms with Gasteiger partial charge in [-0.2, -0.15) is 0 Å². The first kappa shape index (κ1) is 69.6. The molecule has 0 N–H and O–H groups in total. The third-order valence-corrected chi connectivity index (χ3v) is 19.1. The Morgan fingerprint density at radius 2 is 0.505 bits per heavy atom. The SMILES string of the molecule is CCn1ccnc1COc1c2cccc1Cc1cc(C(C)(C)C)cc(c1OC)Cc1cc(C(C)(C)C)cc(c1OCc1nccn1CC)Cc1cc(C(C)(C)C)cc(c1OC)Cc1cc(C(C)(C)C)cc(c1OCc1nccn1CC)Cc1cc(C(C)(C)C)cc(c1OC)C2. The lowest BCUT2D eigenvalue weighted by Crippen LogP contribution is -2.17. The molecular weight excluding hydrogens is 1180 g/mol. The van der Waals surface area contributed by atoms with Gasteiger partial charge in [-0.25, -0.2) is 15.0 Å². The second kappa shape index (κ2) is 27.8. The zero-order chi connectivity index (χ0) is 68.5. The van der Waals surface area contributed by atoms with E-state index < -0.39 is 0 Å². The van der Waals surface area contributed by atoms with Crippen LogP contribution in [0, 0.1) is 0 Å². The summed E-state index contributed by atoms with van der Waals surface area (Å²) in [6, 6.07) is 30.4. The third kappa shape index (κ3) is 15.5. The number of rotatable bonds is 15. The number of aryl methyl sites for hydroxylation is 3. The van der Waals surface area contributed by atoms with E-state index in [0.29, 0.717) is 38.5 Å². The van der Waals surface area contributed by atoms with Gasteiger partial charge in [0.25, 0.3) is 0 Å². The van der Waals surface area contributed by atoms with Crippen molar-refractivity contribution in [3.8, 4) is 34.5 Å². The van der Waals surface area contributed by atoms with E-state index in [1.807, 2.05) is 58.5 Å². The summed E-state index contributed by atoms with van der Waals surface area (Å²) in [4.78, 5) is 14.5. The number of fused-ring (bicyclic) bond motifs is 12. The average Bonchev–Trinajstić information content (AvgIpc) is 1.26. The summed E-state index contributed by atoms with van der Waals surface area (Å²) in [7, 11) is 5.47. The Kier molecular flexibility index (Phi) is 20.4. The normalized spacial score (nSPS) is 13.3. The van der Waals surface area contributed by atoms with E-state index in [-0.39, 0.29) is 46.9 Å². The monoisotopic (exact) mass is 1280 g/mol. The number of ether oxygens (including phenoxy) is 6. The minimum Gasteiger partial charge on any atom is -0.496 e. The van der Waals surface area contributed by atoms with Crippen LogP contribution in [0.4, 0.5) is 0 Å². The number of methoxy groups -OCH3 is 3. The number of hydrogen-bond acceptors (Lipinski definition) is 9. The molecule has 12 heteroatoms. The molecule has 0 unspecified atom stereocenters. The van der Waals surface area contributed by atoms with E-state index in [1.165, 1.54) is 27.8 Å².